The normalized spacial score (nSPS) is 12.3. The summed E-state index contributed by atoms with van der Waals surface area (Å²) in [4.78, 5) is 27.0. The van der Waals surface area contributed by atoms with Gasteiger partial charge in [-0.05, 0) is 29.8 Å². The van der Waals surface area contributed by atoms with Crippen LogP contribution < -0.4 is 16.8 Å². The Morgan fingerprint density at radius 1 is 1.73 bits per heavy atom. The van der Waals surface area contributed by atoms with Gasteiger partial charge in [0.1, 0.15) is 16.3 Å². The predicted octanol–water partition coefficient (Wildman–Crippen LogP) is -0.135. The maximum Gasteiger partial charge on any atom is 0.268 e. The Morgan fingerprint density at radius 3 is 2.87 bits per heavy atom. The molecular formula is C8H11BrN4O2. The van der Waals surface area contributed by atoms with Crippen molar-refractivity contribution in [1.29, 1.82) is 0 Å². The summed E-state index contributed by atoms with van der Waals surface area (Å²) < 4.78 is 1.58. The molecule has 1 heterocycles. The predicted molar refractivity (Wildman–Crippen MR) is 58.0 cm³/mol. The number of nitrogens with zero attached hydrogens (tertiary/aromatic N) is 2. The average molecular weight is 275 g/mol. The molecule has 0 aliphatic carbocycles. The van der Waals surface area contributed by atoms with Crippen molar-refractivity contribution >= 4 is 21.8 Å². The van der Waals surface area contributed by atoms with Crippen LogP contribution in [0.3, 0.4) is 0 Å². The lowest BCUT2D eigenvalue weighted by Crippen LogP contribution is -2.40. The van der Waals surface area contributed by atoms with E-state index < -0.39 is 11.9 Å². The third-order valence-electron chi connectivity index (χ3n) is 2.05. The van der Waals surface area contributed by atoms with E-state index in [4.69, 9.17) is 5.84 Å². The zero-order chi connectivity index (χ0) is 11.6. The Bertz CT molecular complexity index is 443. The summed E-state index contributed by atoms with van der Waals surface area (Å²) in [6.07, 6.45) is 1.40. The summed E-state index contributed by atoms with van der Waals surface area (Å²) in [5.74, 6) is 5.01. The molecular weight excluding hydrogens is 264 g/mol. The van der Waals surface area contributed by atoms with Crippen LogP contribution in [0.2, 0.25) is 0 Å². The smallest absolute Gasteiger partial charge is 0.268 e. The molecule has 6 nitrogen and oxygen atoms in total. The van der Waals surface area contributed by atoms with Gasteiger partial charge in [0, 0.05) is 6.20 Å². The number of aryl methyl sites for hydroxylation is 1. The minimum absolute atomic E-state index is 0.307. The Kier molecular flexibility index (Phi) is 3.59. The van der Waals surface area contributed by atoms with E-state index in [1.54, 1.807) is 13.8 Å². The standard InChI is InChI=1S/C8H11BrN4O2/c1-4(7(14)12-10)13-5(2)11-3-6(9)8(13)15/h3-4H,10H2,1-2H3,(H,12,14). The largest absolute Gasteiger partial charge is 0.292 e. The molecule has 1 atom stereocenters. The lowest BCUT2D eigenvalue weighted by molar-refractivity contribution is -0.124. The quantitative estimate of drug-likeness (QED) is 0.447. The van der Waals surface area contributed by atoms with Crippen molar-refractivity contribution in [1.82, 2.24) is 15.0 Å². The van der Waals surface area contributed by atoms with Crippen molar-refractivity contribution in [3.05, 3.63) is 26.8 Å². The summed E-state index contributed by atoms with van der Waals surface area (Å²) in [5, 5.41) is 0. The van der Waals surface area contributed by atoms with Gasteiger partial charge in [-0.1, -0.05) is 0 Å². The maximum absolute atomic E-state index is 11.7. The van der Waals surface area contributed by atoms with Gasteiger partial charge in [0.05, 0.1) is 0 Å². The van der Waals surface area contributed by atoms with Crippen LogP contribution in [-0.4, -0.2) is 15.5 Å². The molecule has 82 valence electrons. The summed E-state index contributed by atoms with van der Waals surface area (Å²) in [5.41, 5.74) is 1.69. The van der Waals surface area contributed by atoms with Crippen molar-refractivity contribution in [2.45, 2.75) is 19.9 Å². The molecule has 0 bridgehead atoms. The molecule has 15 heavy (non-hydrogen) atoms. The molecule has 0 aliphatic rings. The molecule has 1 unspecified atom stereocenters. The molecule has 0 fully saturated rings. The van der Waals surface area contributed by atoms with E-state index in [2.05, 4.69) is 20.9 Å². The highest BCUT2D eigenvalue weighted by Crippen LogP contribution is 2.08. The summed E-state index contributed by atoms with van der Waals surface area (Å²) in [6.45, 7) is 3.22. The first-order valence-corrected chi connectivity index (χ1v) is 5.02. The number of aromatic nitrogens is 2. The Balaban J connectivity index is 3.30. The van der Waals surface area contributed by atoms with Gasteiger partial charge in [-0.3, -0.25) is 19.6 Å². The Labute approximate surface area is 94.6 Å². The first kappa shape index (κ1) is 11.9. The molecule has 3 N–H and O–H groups in total. The monoisotopic (exact) mass is 274 g/mol. The minimum atomic E-state index is -0.688. The van der Waals surface area contributed by atoms with Crippen molar-refractivity contribution in [3.8, 4) is 0 Å². The van der Waals surface area contributed by atoms with Crippen LogP contribution in [0.4, 0.5) is 0 Å². The summed E-state index contributed by atoms with van der Waals surface area (Å²) in [7, 11) is 0. The van der Waals surface area contributed by atoms with E-state index in [0.29, 0.717) is 10.3 Å². The van der Waals surface area contributed by atoms with Gasteiger partial charge in [-0.2, -0.15) is 0 Å². The van der Waals surface area contributed by atoms with Crippen molar-refractivity contribution < 1.29 is 4.79 Å². The fourth-order valence-corrected chi connectivity index (χ4v) is 1.52. The van der Waals surface area contributed by atoms with Crippen LogP contribution in [0.15, 0.2) is 15.5 Å². The molecule has 1 aromatic rings. The van der Waals surface area contributed by atoms with E-state index in [0.717, 1.165) is 0 Å². The van der Waals surface area contributed by atoms with E-state index in [1.807, 2.05) is 5.43 Å². The van der Waals surface area contributed by atoms with Crippen molar-refractivity contribution in [2.24, 2.45) is 5.84 Å². The highest BCUT2D eigenvalue weighted by molar-refractivity contribution is 9.10. The zero-order valence-electron chi connectivity index (χ0n) is 8.32. The molecule has 0 aliphatic heterocycles. The number of carbonyl (C=O) groups is 1. The van der Waals surface area contributed by atoms with E-state index in [9.17, 15) is 9.59 Å². The van der Waals surface area contributed by atoms with Crippen LogP contribution in [0.25, 0.3) is 0 Å². The number of hydrogen-bond acceptors (Lipinski definition) is 4. The Hall–Kier alpha value is -1.21. The first-order chi connectivity index (χ1) is 6.99. The molecule has 1 amide bonds. The second kappa shape index (κ2) is 4.54. The fraction of sp³-hybridized carbons (Fsp3) is 0.375. The number of hydrazine groups is 1. The number of nitrogens with one attached hydrogen (secondary N) is 1. The van der Waals surface area contributed by atoms with Crippen molar-refractivity contribution in [2.75, 3.05) is 0 Å². The van der Waals surface area contributed by atoms with Gasteiger partial charge < -0.3 is 0 Å². The highest BCUT2D eigenvalue weighted by Gasteiger charge is 2.18. The third-order valence-corrected chi connectivity index (χ3v) is 2.59. The Morgan fingerprint density at radius 2 is 2.33 bits per heavy atom. The van der Waals surface area contributed by atoms with E-state index in [1.165, 1.54) is 10.8 Å². The number of nitrogens with two attached hydrogens (primary N) is 1. The molecule has 1 aromatic heterocycles. The molecule has 0 aromatic carbocycles. The van der Waals surface area contributed by atoms with Crippen LogP contribution in [0.5, 0.6) is 0 Å². The van der Waals surface area contributed by atoms with Crippen LogP contribution >= 0.6 is 15.9 Å². The SMILES string of the molecule is Cc1ncc(Br)c(=O)n1C(C)C(=O)NN. The van der Waals surface area contributed by atoms with E-state index in [-0.39, 0.29) is 5.56 Å². The minimum Gasteiger partial charge on any atom is -0.292 e. The van der Waals surface area contributed by atoms with Crippen molar-refractivity contribution in [3.63, 3.8) is 0 Å². The second-order valence-electron chi connectivity index (χ2n) is 3.01. The lowest BCUT2D eigenvalue weighted by Gasteiger charge is -2.15. The van der Waals surface area contributed by atoms with Gasteiger partial charge in [0.2, 0.25) is 0 Å². The van der Waals surface area contributed by atoms with Gasteiger partial charge >= 0.3 is 0 Å². The molecule has 1 rings (SSSR count). The fourth-order valence-electron chi connectivity index (χ4n) is 1.22. The maximum atomic E-state index is 11.7. The average Bonchev–Trinajstić information content (AvgIpc) is 2.22. The number of rotatable bonds is 2. The first-order valence-electron chi connectivity index (χ1n) is 4.23. The number of hydrogen-bond donors (Lipinski definition) is 2. The van der Waals surface area contributed by atoms with Crippen LogP contribution in [0.1, 0.15) is 18.8 Å². The lowest BCUT2D eigenvalue weighted by atomic mass is 10.3. The van der Waals surface area contributed by atoms with Gasteiger partial charge in [-0.15, -0.1) is 0 Å². The number of halogens is 1. The number of amides is 1. The van der Waals surface area contributed by atoms with Crippen LogP contribution in [-0.2, 0) is 4.79 Å². The van der Waals surface area contributed by atoms with Crippen LogP contribution in [0, 0.1) is 6.92 Å². The second-order valence-corrected chi connectivity index (χ2v) is 3.87. The summed E-state index contributed by atoms with van der Waals surface area (Å²) >= 11 is 3.06. The molecule has 0 radical (unpaired) electrons. The molecule has 0 saturated carbocycles. The van der Waals surface area contributed by atoms with E-state index >= 15 is 0 Å². The van der Waals surface area contributed by atoms with Gasteiger partial charge in [-0.25, -0.2) is 10.8 Å². The zero-order valence-corrected chi connectivity index (χ0v) is 9.91. The molecule has 7 heteroatoms. The topological polar surface area (TPSA) is 90.0 Å². The number of carbonyl (C=O) groups excluding carboxylic acids is 1. The van der Waals surface area contributed by atoms with Gasteiger partial charge in [0.15, 0.2) is 0 Å². The summed E-state index contributed by atoms with van der Waals surface area (Å²) in [6, 6.07) is -0.688. The molecule has 0 spiro atoms. The molecule has 0 saturated heterocycles. The highest BCUT2D eigenvalue weighted by atomic mass is 79.9. The third kappa shape index (κ3) is 2.24. The van der Waals surface area contributed by atoms with Gasteiger partial charge in [0.25, 0.3) is 11.5 Å².